The lowest BCUT2D eigenvalue weighted by Gasteiger charge is -2.32. The highest BCUT2D eigenvalue weighted by atomic mass is 32.1. The van der Waals surface area contributed by atoms with Crippen molar-refractivity contribution in [3.63, 3.8) is 0 Å². The van der Waals surface area contributed by atoms with Crippen LogP contribution in [0, 0.1) is 0 Å². The van der Waals surface area contributed by atoms with Gasteiger partial charge in [0.1, 0.15) is 5.75 Å². The average molecular weight is 331 g/mol. The lowest BCUT2D eigenvalue weighted by molar-refractivity contribution is -0.000948. The molecule has 1 amide bonds. The molecule has 3 rings (SSSR count). The zero-order valence-electron chi connectivity index (χ0n) is 13.2. The van der Waals surface area contributed by atoms with Crippen molar-refractivity contribution in [1.29, 1.82) is 0 Å². The fourth-order valence-electron chi connectivity index (χ4n) is 2.82. The zero-order valence-corrected chi connectivity index (χ0v) is 14.1. The van der Waals surface area contributed by atoms with Crippen LogP contribution in [0.15, 0.2) is 41.1 Å². The molecular weight excluding hydrogens is 310 g/mol. The average Bonchev–Trinajstić information content (AvgIpc) is 3.14. The molecule has 4 nitrogen and oxygen atoms in total. The summed E-state index contributed by atoms with van der Waals surface area (Å²) in [5.41, 5.74) is 1.86. The van der Waals surface area contributed by atoms with Crippen molar-refractivity contribution in [3.05, 3.63) is 52.2 Å². The number of ether oxygens (including phenoxy) is 2. The van der Waals surface area contributed by atoms with Crippen molar-refractivity contribution in [1.82, 2.24) is 4.90 Å². The van der Waals surface area contributed by atoms with Gasteiger partial charge in [0.15, 0.2) is 0 Å². The van der Waals surface area contributed by atoms with E-state index in [-0.39, 0.29) is 12.0 Å². The lowest BCUT2D eigenvalue weighted by atomic mass is 10.1. The van der Waals surface area contributed by atoms with Crippen molar-refractivity contribution < 1.29 is 14.3 Å². The maximum atomic E-state index is 12.3. The summed E-state index contributed by atoms with van der Waals surface area (Å²) in [4.78, 5) is 14.2. The van der Waals surface area contributed by atoms with Gasteiger partial charge in [-0.05, 0) is 30.4 Å². The first-order chi connectivity index (χ1) is 11.3. The van der Waals surface area contributed by atoms with Crippen LogP contribution in [-0.2, 0) is 11.3 Å². The van der Waals surface area contributed by atoms with Crippen molar-refractivity contribution in [3.8, 4) is 5.75 Å². The van der Waals surface area contributed by atoms with Crippen LogP contribution in [0.25, 0.3) is 0 Å². The summed E-state index contributed by atoms with van der Waals surface area (Å²) in [6, 6.07) is 9.80. The minimum atomic E-state index is 0.134. The Kier molecular flexibility index (Phi) is 5.31. The van der Waals surface area contributed by atoms with Crippen molar-refractivity contribution in [2.24, 2.45) is 0 Å². The molecular formula is C18H21NO3S. The molecule has 5 heteroatoms. The van der Waals surface area contributed by atoms with E-state index in [1.54, 1.807) is 18.4 Å². The van der Waals surface area contributed by atoms with Gasteiger partial charge in [-0.25, -0.2) is 0 Å². The number of thiophene rings is 1. The van der Waals surface area contributed by atoms with Crippen LogP contribution in [0.3, 0.4) is 0 Å². The maximum absolute atomic E-state index is 12.3. The molecule has 1 aliphatic heterocycles. The molecule has 0 aliphatic carbocycles. The second-order valence-electron chi connectivity index (χ2n) is 5.63. The molecule has 0 radical (unpaired) electrons. The Balaban J connectivity index is 1.49. The summed E-state index contributed by atoms with van der Waals surface area (Å²) in [6.07, 6.45) is 1.96. The van der Waals surface area contributed by atoms with Gasteiger partial charge in [-0.2, -0.15) is 11.3 Å². The van der Waals surface area contributed by atoms with Crippen LogP contribution in [0.1, 0.15) is 28.8 Å². The first-order valence-corrected chi connectivity index (χ1v) is 8.77. The molecule has 0 unspecified atom stereocenters. The number of nitrogens with zero attached hydrogens (tertiary/aromatic N) is 1. The number of likely N-dealkylation sites (tertiary alicyclic amines) is 1. The number of piperidine rings is 1. The Bertz CT molecular complexity index is 633. The molecule has 1 aromatic heterocycles. The van der Waals surface area contributed by atoms with E-state index in [4.69, 9.17) is 9.47 Å². The molecule has 0 atom stereocenters. The molecule has 23 heavy (non-hydrogen) atoms. The van der Waals surface area contributed by atoms with Crippen LogP contribution in [0.2, 0.25) is 0 Å². The van der Waals surface area contributed by atoms with E-state index in [1.165, 1.54) is 0 Å². The molecule has 0 spiro atoms. The summed E-state index contributed by atoms with van der Waals surface area (Å²) in [7, 11) is 1.67. The van der Waals surface area contributed by atoms with Gasteiger partial charge in [-0.1, -0.05) is 18.2 Å². The Hall–Kier alpha value is -1.85. The zero-order chi connectivity index (χ0) is 16.1. The molecule has 1 saturated heterocycles. The van der Waals surface area contributed by atoms with Crippen LogP contribution >= 0.6 is 11.3 Å². The third kappa shape index (κ3) is 3.92. The maximum Gasteiger partial charge on any atom is 0.254 e. The molecule has 1 fully saturated rings. The largest absolute Gasteiger partial charge is 0.496 e. The van der Waals surface area contributed by atoms with Gasteiger partial charge in [-0.15, -0.1) is 0 Å². The highest BCUT2D eigenvalue weighted by Crippen LogP contribution is 2.22. The highest BCUT2D eigenvalue weighted by Gasteiger charge is 2.24. The summed E-state index contributed by atoms with van der Waals surface area (Å²) in [5, 5.41) is 3.85. The number of hydrogen-bond acceptors (Lipinski definition) is 4. The summed E-state index contributed by atoms with van der Waals surface area (Å²) in [5.74, 6) is 0.993. The third-order valence-electron chi connectivity index (χ3n) is 4.16. The molecule has 0 N–H and O–H groups in total. The fourth-order valence-corrected chi connectivity index (χ4v) is 3.45. The van der Waals surface area contributed by atoms with E-state index < -0.39 is 0 Å². The second kappa shape index (κ2) is 7.62. The third-order valence-corrected chi connectivity index (χ3v) is 4.85. The monoisotopic (exact) mass is 331 g/mol. The predicted molar refractivity (Wildman–Crippen MR) is 91.0 cm³/mol. The van der Waals surface area contributed by atoms with Gasteiger partial charge < -0.3 is 14.4 Å². The minimum absolute atomic E-state index is 0.134. The fraction of sp³-hybridized carbons (Fsp3) is 0.389. The number of amides is 1. The number of hydrogen-bond donors (Lipinski definition) is 0. The number of rotatable bonds is 5. The van der Waals surface area contributed by atoms with E-state index in [2.05, 4.69) is 0 Å². The van der Waals surface area contributed by atoms with E-state index in [1.807, 2.05) is 46.0 Å². The molecule has 2 heterocycles. The smallest absolute Gasteiger partial charge is 0.254 e. The van der Waals surface area contributed by atoms with E-state index in [0.29, 0.717) is 6.61 Å². The van der Waals surface area contributed by atoms with Gasteiger partial charge in [0.05, 0.1) is 25.4 Å². The van der Waals surface area contributed by atoms with Crippen molar-refractivity contribution in [2.45, 2.75) is 25.6 Å². The normalized spacial score (nSPS) is 15.6. The first kappa shape index (κ1) is 16.0. The first-order valence-electron chi connectivity index (χ1n) is 7.83. The van der Waals surface area contributed by atoms with Gasteiger partial charge in [0.25, 0.3) is 5.91 Å². The molecule has 0 bridgehead atoms. The predicted octanol–water partition coefficient (Wildman–Crippen LogP) is 3.58. The van der Waals surface area contributed by atoms with Crippen LogP contribution < -0.4 is 4.74 Å². The Morgan fingerprint density at radius 2 is 2.04 bits per heavy atom. The number of benzene rings is 1. The SMILES string of the molecule is COc1ccccc1COC1CCN(C(=O)c2ccsc2)CC1. The molecule has 0 saturated carbocycles. The van der Waals surface area contributed by atoms with E-state index >= 15 is 0 Å². The number of carbonyl (C=O) groups is 1. The van der Waals surface area contributed by atoms with E-state index in [9.17, 15) is 4.79 Å². The number of carbonyl (C=O) groups excluding carboxylic acids is 1. The Labute approximate surface area is 140 Å². The van der Waals surface area contributed by atoms with Crippen molar-refractivity contribution >= 4 is 17.2 Å². The Morgan fingerprint density at radius 1 is 1.26 bits per heavy atom. The van der Waals surface area contributed by atoms with Crippen LogP contribution in [-0.4, -0.2) is 37.1 Å². The van der Waals surface area contributed by atoms with Gasteiger partial charge >= 0.3 is 0 Å². The molecule has 122 valence electrons. The number of para-hydroxylation sites is 1. The Morgan fingerprint density at radius 3 is 2.74 bits per heavy atom. The summed E-state index contributed by atoms with van der Waals surface area (Å²) >= 11 is 1.56. The standard InChI is InChI=1S/C18H21NO3S/c1-21-17-5-3-2-4-14(17)12-22-16-6-9-19(10-7-16)18(20)15-8-11-23-13-15/h2-5,8,11,13,16H,6-7,9-10,12H2,1H3. The second-order valence-corrected chi connectivity index (χ2v) is 6.41. The molecule has 2 aromatic rings. The van der Waals surface area contributed by atoms with E-state index in [0.717, 1.165) is 42.8 Å². The highest BCUT2D eigenvalue weighted by molar-refractivity contribution is 7.08. The lowest BCUT2D eigenvalue weighted by Crippen LogP contribution is -2.40. The quantitative estimate of drug-likeness (QED) is 0.840. The van der Waals surface area contributed by atoms with Crippen LogP contribution in [0.5, 0.6) is 5.75 Å². The number of methoxy groups -OCH3 is 1. The van der Waals surface area contributed by atoms with Gasteiger partial charge in [0, 0.05) is 24.0 Å². The summed E-state index contributed by atoms with van der Waals surface area (Å²) in [6.45, 7) is 2.06. The molecule has 1 aromatic carbocycles. The molecule has 1 aliphatic rings. The van der Waals surface area contributed by atoms with Crippen LogP contribution in [0.4, 0.5) is 0 Å². The van der Waals surface area contributed by atoms with Gasteiger partial charge in [-0.3, -0.25) is 4.79 Å². The minimum Gasteiger partial charge on any atom is -0.496 e. The summed E-state index contributed by atoms with van der Waals surface area (Å²) < 4.78 is 11.4. The van der Waals surface area contributed by atoms with Gasteiger partial charge in [0.2, 0.25) is 0 Å². The van der Waals surface area contributed by atoms with Crippen molar-refractivity contribution in [2.75, 3.05) is 20.2 Å². The topological polar surface area (TPSA) is 38.8 Å².